The summed E-state index contributed by atoms with van der Waals surface area (Å²) in [5.74, 6) is 0. The van der Waals surface area contributed by atoms with Gasteiger partial charge in [0.2, 0.25) is 0 Å². The Hall–Kier alpha value is -0.790. The second kappa shape index (κ2) is 5.18. The molecule has 0 unspecified atom stereocenters. The van der Waals surface area contributed by atoms with Crippen LogP contribution < -0.4 is 5.32 Å². The molecule has 0 radical (unpaired) electrons. The van der Waals surface area contributed by atoms with Crippen molar-refractivity contribution in [3.05, 3.63) is 47.0 Å². The van der Waals surface area contributed by atoms with Crippen LogP contribution in [0.2, 0.25) is 5.02 Å². The molecule has 0 spiro atoms. The van der Waals surface area contributed by atoms with E-state index in [1.165, 1.54) is 5.56 Å². The monoisotopic (exact) mass is 209 g/mol. The van der Waals surface area contributed by atoms with Crippen molar-refractivity contribution in [3.63, 3.8) is 0 Å². The Morgan fingerprint density at radius 2 is 2.00 bits per heavy atom. The molecule has 0 aliphatic rings. The number of nitrogens with one attached hydrogen (secondary N) is 1. The topological polar surface area (TPSA) is 12.0 Å². The quantitative estimate of drug-likeness (QED) is 0.748. The maximum atomic E-state index is 5.81. The number of halogens is 1. The first-order valence-electron chi connectivity index (χ1n) is 4.73. The van der Waals surface area contributed by atoms with E-state index in [9.17, 15) is 0 Å². The third-order valence-electron chi connectivity index (χ3n) is 2.08. The van der Waals surface area contributed by atoms with Gasteiger partial charge in [-0.2, -0.15) is 0 Å². The number of benzene rings is 1. The van der Waals surface area contributed by atoms with Gasteiger partial charge < -0.3 is 5.32 Å². The molecule has 0 fully saturated rings. The first-order chi connectivity index (χ1) is 6.59. The maximum Gasteiger partial charge on any atom is 0.0406 e. The van der Waals surface area contributed by atoms with Gasteiger partial charge >= 0.3 is 0 Å². The molecule has 0 aromatic heterocycles. The van der Waals surface area contributed by atoms with E-state index < -0.39 is 0 Å². The third-order valence-corrected chi connectivity index (χ3v) is 2.33. The van der Waals surface area contributed by atoms with Gasteiger partial charge in [-0.1, -0.05) is 35.9 Å². The van der Waals surface area contributed by atoms with Crippen molar-refractivity contribution < 1.29 is 0 Å². The van der Waals surface area contributed by atoms with Gasteiger partial charge in [0.05, 0.1) is 0 Å². The molecule has 76 valence electrons. The molecule has 0 bridgehead atoms. The number of hydrogen-bond acceptors (Lipinski definition) is 1. The maximum absolute atomic E-state index is 5.81. The Morgan fingerprint density at radius 1 is 1.43 bits per heavy atom. The van der Waals surface area contributed by atoms with Crippen LogP contribution in [-0.2, 0) is 0 Å². The zero-order chi connectivity index (χ0) is 10.6. The number of hydrogen-bond donors (Lipinski definition) is 1. The fourth-order valence-electron chi connectivity index (χ4n) is 1.20. The van der Waals surface area contributed by atoms with Gasteiger partial charge in [0.1, 0.15) is 0 Å². The van der Waals surface area contributed by atoms with Gasteiger partial charge in [-0.15, -0.1) is 0 Å². The first kappa shape index (κ1) is 11.3. The molecule has 1 atom stereocenters. The summed E-state index contributed by atoms with van der Waals surface area (Å²) in [4.78, 5) is 0. The second-order valence-corrected chi connectivity index (χ2v) is 4.05. The lowest BCUT2D eigenvalue weighted by Crippen LogP contribution is -2.20. The van der Waals surface area contributed by atoms with Crippen molar-refractivity contribution >= 4 is 11.6 Å². The van der Waals surface area contributed by atoms with Crippen molar-refractivity contribution in [2.75, 3.05) is 6.54 Å². The highest BCUT2D eigenvalue weighted by Gasteiger charge is 2.03. The molecule has 0 aliphatic heterocycles. The lowest BCUT2D eigenvalue weighted by atomic mass is 10.1. The van der Waals surface area contributed by atoms with Gasteiger partial charge in [0.25, 0.3) is 0 Å². The van der Waals surface area contributed by atoms with Crippen molar-refractivity contribution in [2.45, 2.75) is 19.9 Å². The summed E-state index contributed by atoms with van der Waals surface area (Å²) in [7, 11) is 0. The minimum Gasteiger partial charge on any atom is -0.306 e. The molecule has 14 heavy (non-hydrogen) atoms. The minimum atomic E-state index is 0.337. The molecule has 2 heteroatoms. The molecule has 0 saturated heterocycles. The van der Waals surface area contributed by atoms with Crippen LogP contribution in [0.25, 0.3) is 0 Å². The first-order valence-corrected chi connectivity index (χ1v) is 5.10. The molecule has 0 saturated carbocycles. The van der Waals surface area contributed by atoms with Gasteiger partial charge in [-0.3, -0.25) is 0 Å². The second-order valence-electron chi connectivity index (χ2n) is 3.61. The SMILES string of the molecule is C=C(C)CN[C@@H](C)c1ccc(Cl)cc1. The summed E-state index contributed by atoms with van der Waals surface area (Å²) in [5.41, 5.74) is 2.39. The largest absolute Gasteiger partial charge is 0.306 e. The van der Waals surface area contributed by atoms with Crippen molar-refractivity contribution in [1.82, 2.24) is 5.32 Å². The summed E-state index contributed by atoms with van der Waals surface area (Å²) in [6, 6.07) is 8.24. The summed E-state index contributed by atoms with van der Waals surface area (Å²) in [6.07, 6.45) is 0. The van der Waals surface area contributed by atoms with Crippen LogP contribution in [0.15, 0.2) is 36.4 Å². The van der Waals surface area contributed by atoms with Crippen LogP contribution in [0.5, 0.6) is 0 Å². The molecule has 1 aromatic rings. The van der Waals surface area contributed by atoms with E-state index in [0.29, 0.717) is 6.04 Å². The normalized spacial score (nSPS) is 12.5. The molecular formula is C12H16ClN. The summed E-state index contributed by atoms with van der Waals surface area (Å²) >= 11 is 5.81. The Bertz CT molecular complexity index is 303. The van der Waals surface area contributed by atoms with Gasteiger partial charge in [0.15, 0.2) is 0 Å². The molecule has 1 rings (SSSR count). The van der Waals surface area contributed by atoms with Crippen LogP contribution in [0.3, 0.4) is 0 Å². The van der Waals surface area contributed by atoms with E-state index in [2.05, 4.69) is 18.8 Å². The Kier molecular flexibility index (Phi) is 4.18. The fraction of sp³-hybridized carbons (Fsp3) is 0.333. The summed E-state index contributed by atoms with van der Waals surface area (Å²) in [5, 5.41) is 4.15. The van der Waals surface area contributed by atoms with E-state index in [-0.39, 0.29) is 0 Å². The van der Waals surface area contributed by atoms with Gasteiger partial charge in [-0.05, 0) is 31.5 Å². The lowest BCUT2D eigenvalue weighted by molar-refractivity contribution is 0.607. The fourth-order valence-corrected chi connectivity index (χ4v) is 1.32. The standard InChI is InChI=1S/C12H16ClN/c1-9(2)8-14-10(3)11-4-6-12(13)7-5-11/h4-7,10,14H,1,8H2,2-3H3/t10-/m0/s1. The Balaban J connectivity index is 2.56. The van der Waals surface area contributed by atoms with Crippen LogP contribution in [0.4, 0.5) is 0 Å². The van der Waals surface area contributed by atoms with E-state index in [4.69, 9.17) is 11.6 Å². The van der Waals surface area contributed by atoms with Crippen LogP contribution in [0, 0.1) is 0 Å². The van der Waals surface area contributed by atoms with Crippen molar-refractivity contribution in [2.24, 2.45) is 0 Å². The highest BCUT2D eigenvalue weighted by Crippen LogP contribution is 2.15. The minimum absolute atomic E-state index is 0.337. The van der Waals surface area contributed by atoms with Crippen LogP contribution in [0.1, 0.15) is 25.5 Å². The Morgan fingerprint density at radius 3 is 2.50 bits per heavy atom. The molecule has 0 amide bonds. The third kappa shape index (κ3) is 3.52. The van der Waals surface area contributed by atoms with Crippen molar-refractivity contribution in [3.8, 4) is 0 Å². The Labute approximate surface area is 90.8 Å². The molecule has 0 aliphatic carbocycles. The summed E-state index contributed by atoms with van der Waals surface area (Å²) in [6.45, 7) is 8.85. The van der Waals surface area contributed by atoms with E-state index in [1.54, 1.807) is 0 Å². The van der Waals surface area contributed by atoms with Gasteiger partial charge in [0, 0.05) is 17.6 Å². The molecule has 0 heterocycles. The zero-order valence-corrected chi connectivity index (χ0v) is 9.43. The van der Waals surface area contributed by atoms with E-state index in [0.717, 1.165) is 17.1 Å². The molecular weight excluding hydrogens is 194 g/mol. The zero-order valence-electron chi connectivity index (χ0n) is 8.68. The predicted molar refractivity (Wildman–Crippen MR) is 62.7 cm³/mol. The number of rotatable bonds is 4. The average Bonchev–Trinajstić information content (AvgIpc) is 2.15. The predicted octanol–water partition coefficient (Wildman–Crippen LogP) is 3.57. The van der Waals surface area contributed by atoms with Crippen LogP contribution >= 0.6 is 11.6 Å². The van der Waals surface area contributed by atoms with E-state index >= 15 is 0 Å². The smallest absolute Gasteiger partial charge is 0.0406 e. The molecule has 1 nitrogen and oxygen atoms in total. The molecule has 1 aromatic carbocycles. The molecule has 1 N–H and O–H groups in total. The van der Waals surface area contributed by atoms with Gasteiger partial charge in [-0.25, -0.2) is 0 Å². The van der Waals surface area contributed by atoms with E-state index in [1.807, 2.05) is 31.2 Å². The van der Waals surface area contributed by atoms with Crippen LogP contribution in [-0.4, -0.2) is 6.54 Å². The highest BCUT2D eigenvalue weighted by molar-refractivity contribution is 6.30. The van der Waals surface area contributed by atoms with Crippen molar-refractivity contribution in [1.29, 1.82) is 0 Å². The average molecular weight is 210 g/mol. The highest BCUT2D eigenvalue weighted by atomic mass is 35.5. The lowest BCUT2D eigenvalue weighted by Gasteiger charge is -2.14. The summed E-state index contributed by atoms with van der Waals surface area (Å²) < 4.78 is 0.